The summed E-state index contributed by atoms with van der Waals surface area (Å²) < 4.78 is 14.9. The van der Waals surface area contributed by atoms with Gasteiger partial charge in [-0.3, -0.25) is 14.5 Å². The number of hydrogen-bond donors (Lipinski definition) is 1. The van der Waals surface area contributed by atoms with Crippen LogP contribution in [-0.2, 0) is 29.7 Å². The molecule has 0 spiro atoms. The van der Waals surface area contributed by atoms with E-state index in [-0.39, 0.29) is 37.2 Å². The number of amides is 2. The van der Waals surface area contributed by atoms with E-state index in [4.69, 9.17) is 9.47 Å². The molecule has 1 fully saturated rings. The number of carbonyl (C=O) groups is 2. The van der Waals surface area contributed by atoms with E-state index >= 15 is 0 Å². The monoisotopic (exact) mass is 632 g/mol. The predicted molar refractivity (Wildman–Crippen MR) is 173 cm³/mol. The van der Waals surface area contributed by atoms with E-state index in [0.29, 0.717) is 23.3 Å². The Hall–Kier alpha value is -4.61. The quantitative estimate of drug-likeness (QED) is 0.153. The van der Waals surface area contributed by atoms with E-state index in [1.807, 2.05) is 84.4 Å². The largest absolute Gasteiger partial charge is 0.392 e. The van der Waals surface area contributed by atoms with Crippen LogP contribution in [0.2, 0.25) is 0 Å². The first kappa shape index (κ1) is 30.1. The van der Waals surface area contributed by atoms with Crippen molar-refractivity contribution in [1.82, 2.24) is 19.7 Å². The Morgan fingerprint density at radius 1 is 0.826 bits per heavy atom. The van der Waals surface area contributed by atoms with E-state index < -0.39 is 6.29 Å². The summed E-state index contributed by atoms with van der Waals surface area (Å²) in [7, 11) is 1.92. The zero-order chi connectivity index (χ0) is 31.6. The Bertz CT molecular complexity index is 1840. The molecule has 3 unspecified atom stereocenters. The molecule has 2 amide bonds. The van der Waals surface area contributed by atoms with Gasteiger partial charge >= 0.3 is 0 Å². The van der Waals surface area contributed by atoms with Crippen molar-refractivity contribution in [3.05, 3.63) is 137 Å². The second-order valence-corrected chi connectivity index (χ2v) is 12.4. The van der Waals surface area contributed by atoms with E-state index in [2.05, 4.69) is 10.2 Å². The second-order valence-electron chi connectivity index (χ2n) is 11.4. The van der Waals surface area contributed by atoms with Crippen LogP contribution < -0.4 is 0 Å². The van der Waals surface area contributed by atoms with Crippen LogP contribution in [0.15, 0.2) is 109 Å². The normalized spacial score (nSPS) is 19.4. The minimum absolute atomic E-state index is 0.0116. The first-order valence-corrected chi connectivity index (χ1v) is 16.1. The third-order valence-electron chi connectivity index (χ3n) is 8.40. The molecule has 1 N–H and O–H groups in total. The Morgan fingerprint density at radius 2 is 1.48 bits per heavy atom. The summed E-state index contributed by atoms with van der Waals surface area (Å²) >= 11 is 1.60. The van der Waals surface area contributed by atoms with Gasteiger partial charge in [0.05, 0.1) is 36.5 Å². The third kappa shape index (κ3) is 6.00. The van der Waals surface area contributed by atoms with Crippen molar-refractivity contribution < 1.29 is 24.2 Å². The van der Waals surface area contributed by atoms with Gasteiger partial charge in [0.25, 0.3) is 11.8 Å². The third-order valence-corrected chi connectivity index (χ3v) is 9.57. The van der Waals surface area contributed by atoms with Gasteiger partial charge in [0.2, 0.25) is 0 Å². The summed E-state index contributed by atoms with van der Waals surface area (Å²) in [5, 5.41) is 18.5. The van der Waals surface area contributed by atoms with Gasteiger partial charge in [-0.05, 0) is 39.9 Å². The van der Waals surface area contributed by atoms with Crippen LogP contribution in [0.4, 0.5) is 0 Å². The molecule has 3 atom stereocenters. The van der Waals surface area contributed by atoms with E-state index in [1.54, 1.807) is 42.4 Å². The van der Waals surface area contributed by atoms with Crippen LogP contribution in [-0.4, -0.2) is 48.4 Å². The van der Waals surface area contributed by atoms with Gasteiger partial charge in [0.15, 0.2) is 11.4 Å². The van der Waals surface area contributed by atoms with Crippen LogP contribution in [0.1, 0.15) is 61.8 Å². The average Bonchev–Trinajstić information content (AvgIpc) is 3.63. The van der Waals surface area contributed by atoms with Gasteiger partial charge in [0, 0.05) is 24.8 Å². The molecule has 5 aromatic rings. The van der Waals surface area contributed by atoms with E-state index in [1.165, 1.54) is 4.90 Å². The topological polar surface area (TPSA) is 107 Å². The number of ether oxygens (including phenoxy) is 2. The Labute approximate surface area is 270 Å². The van der Waals surface area contributed by atoms with Crippen LogP contribution in [0.3, 0.4) is 0 Å². The number of benzene rings is 4. The number of thioether (sulfide) groups is 1. The number of carbonyl (C=O) groups excluding carboxylic acids is 2. The first-order chi connectivity index (χ1) is 22.5. The van der Waals surface area contributed by atoms with E-state index in [9.17, 15) is 14.7 Å². The fraction of sp³-hybridized carbons (Fsp3) is 0.222. The van der Waals surface area contributed by atoms with Crippen molar-refractivity contribution in [2.75, 3.05) is 5.75 Å². The number of fused-ring (bicyclic) bond motifs is 1. The molecule has 0 bridgehead atoms. The summed E-state index contributed by atoms with van der Waals surface area (Å²) in [4.78, 5) is 27.4. The van der Waals surface area contributed by atoms with Gasteiger partial charge in [-0.15, -0.1) is 10.2 Å². The van der Waals surface area contributed by atoms with Crippen molar-refractivity contribution in [3.63, 3.8) is 0 Å². The molecule has 2 aliphatic rings. The van der Waals surface area contributed by atoms with Gasteiger partial charge in [-0.2, -0.15) is 0 Å². The molecule has 0 saturated carbocycles. The van der Waals surface area contributed by atoms with Crippen molar-refractivity contribution in [3.8, 4) is 11.1 Å². The number of nitrogens with zero attached hydrogens (tertiary/aromatic N) is 4. The number of aryl methyl sites for hydroxylation is 1. The van der Waals surface area contributed by atoms with Crippen LogP contribution in [0, 0.1) is 0 Å². The molecule has 3 heterocycles. The minimum Gasteiger partial charge on any atom is -0.392 e. The van der Waals surface area contributed by atoms with Gasteiger partial charge in [-0.25, -0.2) is 0 Å². The van der Waals surface area contributed by atoms with Crippen LogP contribution in [0.25, 0.3) is 11.1 Å². The Balaban J connectivity index is 1.11. The Morgan fingerprint density at radius 3 is 2.13 bits per heavy atom. The smallest absolute Gasteiger partial charge is 0.261 e. The van der Waals surface area contributed by atoms with Gasteiger partial charge < -0.3 is 19.1 Å². The first-order valence-electron chi connectivity index (χ1n) is 15.1. The highest BCUT2D eigenvalue weighted by Gasteiger charge is 2.36. The number of rotatable bonds is 9. The summed E-state index contributed by atoms with van der Waals surface area (Å²) in [6.45, 7) is 0.170. The van der Waals surface area contributed by atoms with Crippen molar-refractivity contribution in [1.29, 1.82) is 0 Å². The summed E-state index contributed by atoms with van der Waals surface area (Å²) in [5.41, 5.74) is 6.41. The minimum atomic E-state index is -0.594. The average molecular weight is 633 g/mol. The molecular weight excluding hydrogens is 600 g/mol. The second kappa shape index (κ2) is 13.0. The number of aliphatic hydroxyl groups excluding tert-OH is 1. The number of hydrogen-bond acceptors (Lipinski definition) is 8. The zero-order valence-electron chi connectivity index (χ0n) is 25.2. The molecule has 4 aromatic carbocycles. The van der Waals surface area contributed by atoms with Crippen molar-refractivity contribution >= 4 is 23.6 Å². The fourth-order valence-corrected chi connectivity index (χ4v) is 6.81. The molecular formula is C36H32N4O5S. The molecule has 9 nitrogen and oxygen atoms in total. The predicted octanol–water partition coefficient (Wildman–Crippen LogP) is 6.11. The molecule has 1 aromatic heterocycles. The van der Waals surface area contributed by atoms with Gasteiger partial charge in [-0.1, -0.05) is 96.7 Å². The Kier molecular flexibility index (Phi) is 8.51. The number of aliphatic hydroxyl groups is 1. The SMILES string of the molecule is Cn1cnnc1SCC1CC(c2ccc(CO)cc2)OC(c2ccc(-c3ccccc3CN3C(=O)c4ccccc4C3=O)cc2)O1. The highest BCUT2D eigenvalue weighted by Crippen LogP contribution is 2.40. The highest BCUT2D eigenvalue weighted by molar-refractivity contribution is 7.99. The molecule has 1 saturated heterocycles. The molecule has 232 valence electrons. The fourth-order valence-electron chi connectivity index (χ4n) is 5.91. The lowest BCUT2D eigenvalue weighted by Crippen LogP contribution is -2.31. The lowest BCUT2D eigenvalue weighted by Gasteiger charge is -2.36. The molecule has 7 rings (SSSR count). The molecule has 46 heavy (non-hydrogen) atoms. The molecule has 0 aliphatic carbocycles. The van der Waals surface area contributed by atoms with E-state index in [0.717, 1.165) is 38.5 Å². The molecule has 0 radical (unpaired) electrons. The summed E-state index contributed by atoms with van der Waals surface area (Å²) in [6, 6.07) is 30.6. The summed E-state index contributed by atoms with van der Waals surface area (Å²) in [5.74, 6) is 0.135. The van der Waals surface area contributed by atoms with Crippen LogP contribution >= 0.6 is 11.8 Å². The maximum Gasteiger partial charge on any atom is 0.261 e. The summed E-state index contributed by atoms with van der Waals surface area (Å²) in [6.07, 6.45) is 1.45. The van der Waals surface area contributed by atoms with Crippen molar-refractivity contribution in [2.45, 2.75) is 43.2 Å². The highest BCUT2D eigenvalue weighted by atomic mass is 32.2. The standard InChI is InChI=1S/C36H32N4O5S/c1-39-22-37-38-36(39)46-21-28-18-32(25-12-10-23(20-41)11-13-25)45-35(44-28)26-16-14-24(15-17-26)29-7-3-2-6-27(29)19-40-33(42)30-8-4-5-9-31(30)34(40)43/h2-17,22,28,32,35,41H,18-21H2,1H3. The maximum absolute atomic E-state index is 13.1. The lowest BCUT2D eigenvalue weighted by atomic mass is 9.97. The number of aromatic nitrogens is 3. The number of imide groups is 1. The van der Waals surface area contributed by atoms with Crippen molar-refractivity contribution in [2.24, 2.45) is 7.05 Å². The zero-order valence-corrected chi connectivity index (χ0v) is 26.0. The maximum atomic E-state index is 13.1. The lowest BCUT2D eigenvalue weighted by molar-refractivity contribution is -0.245. The van der Waals surface area contributed by atoms with Crippen LogP contribution in [0.5, 0.6) is 0 Å². The molecule has 2 aliphatic heterocycles. The van der Waals surface area contributed by atoms with Gasteiger partial charge in [0.1, 0.15) is 6.33 Å². The molecule has 10 heteroatoms.